The maximum Gasteiger partial charge on any atom is 0.339 e. The molecule has 0 aromatic carbocycles. The van der Waals surface area contributed by atoms with Gasteiger partial charge in [0.15, 0.2) is 5.66 Å². The fourth-order valence-corrected chi connectivity index (χ4v) is 1.82. The Morgan fingerprint density at radius 3 is 2.35 bits per heavy atom. The van der Waals surface area contributed by atoms with Gasteiger partial charge in [-0.3, -0.25) is 5.32 Å². The molecule has 2 atom stereocenters. The van der Waals surface area contributed by atoms with Gasteiger partial charge in [-0.2, -0.15) is 8.42 Å². The average Bonchev–Trinajstić information content (AvgIpc) is 2.15. The lowest BCUT2D eigenvalue weighted by Crippen LogP contribution is -2.64. The standard InChI is InChI=1S/C10H20N2O4S/c1-7(2)4-5-12-10(11,9(13)14)8(3)6-17(15)16/h6-8,12H,4-5,11H2,1-3H3,(H,13,14). The number of rotatable bonds is 7. The van der Waals surface area contributed by atoms with Crippen LogP contribution in [0.25, 0.3) is 0 Å². The fraction of sp³-hybridized carbons (Fsp3) is 0.800. The van der Waals surface area contributed by atoms with Crippen molar-refractivity contribution in [2.45, 2.75) is 32.9 Å². The number of carboxylic acid groups (broad SMARTS) is 1. The zero-order valence-corrected chi connectivity index (χ0v) is 11.1. The Balaban J connectivity index is 4.79. The Morgan fingerprint density at radius 1 is 1.47 bits per heavy atom. The molecule has 2 unspecified atom stereocenters. The Hall–Kier alpha value is -0.920. The number of aliphatic carboxylic acids is 1. The van der Waals surface area contributed by atoms with Crippen LogP contribution in [0.5, 0.6) is 0 Å². The highest BCUT2D eigenvalue weighted by Crippen LogP contribution is 2.10. The van der Waals surface area contributed by atoms with Gasteiger partial charge in [-0.25, -0.2) is 4.79 Å². The molecule has 7 heteroatoms. The van der Waals surface area contributed by atoms with Crippen molar-refractivity contribution >= 4 is 21.6 Å². The van der Waals surface area contributed by atoms with E-state index in [1.165, 1.54) is 6.92 Å². The second-order valence-corrected chi connectivity index (χ2v) is 5.26. The molecular weight excluding hydrogens is 244 g/mol. The first-order chi connectivity index (χ1) is 7.70. The number of carboxylic acids is 1. The number of hydrogen-bond donors (Lipinski definition) is 3. The molecule has 0 fully saturated rings. The monoisotopic (exact) mass is 264 g/mol. The summed E-state index contributed by atoms with van der Waals surface area (Å²) in [5.41, 5.74) is 3.95. The lowest BCUT2D eigenvalue weighted by atomic mass is 9.96. The minimum atomic E-state index is -2.43. The highest BCUT2D eigenvalue weighted by Gasteiger charge is 2.38. The lowest BCUT2D eigenvalue weighted by molar-refractivity contribution is -0.145. The van der Waals surface area contributed by atoms with Gasteiger partial charge in [-0.1, -0.05) is 20.8 Å². The van der Waals surface area contributed by atoms with Crippen LogP contribution in [0, 0.1) is 11.8 Å². The summed E-state index contributed by atoms with van der Waals surface area (Å²) in [4.78, 5) is 11.1. The molecule has 0 saturated heterocycles. The maximum absolute atomic E-state index is 11.1. The first-order valence-corrected chi connectivity index (χ1v) is 6.54. The first-order valence-electron chi connectivity index (χ1n) is 5.40. The van der Waals surface area contributed by atoms with Crippen LogP contribution in [-0.4, -0.2) is 37.1 Å². The Morgan fingerprint density at radius 2 is 2.00 bits per heavy atom. The van der Waals surface area contributed by atoms with Crippen molar-refractivity contribution in [3.8, 4) is 0 Å². The molecule has 0 aliphatic heterocycles. The van der Waals surface area contributed by atoms with Gasteiger partial charge in [0, 0.05) is 11.3 Å². The van der Waals surface area contributed by atoms with E-state index in [0.717, 1.165) is 11.8 Å². The van der Waals surface area contributed by atoms with Crippen molar-refractivity contribution < 1.29 is 18.3 Å². The van der Waals surface area contributed by atoms with Gasteiger partial charge in [0.05, 0.1) is 0 Å². The predicted octanol–water partition coefficient (Wildman–Crippen LogP) is -0.321. The van der Waals surface area contributed by atoms with Crippen LogP contribution in [0.3, 0.4) is 0 Å². The summed E-state index contributed by atoms with van der Waals surface area (Å²) in [6.45, 7) is 5.88. The van der Waals surface area contributed by atoms with Crippen LogP contribution in [0.15, 0.2) is 0 Å². The minimum absolute atomic E-state index is 0.411. The van der Waals surface area contributed by atoms with Crippen molar-refractivity contribution in [2.75, 3.05) is 6.54 Å². The van der Waals surface area contributed by atoms with Crippen LogP contribution in [0.1, 0.15) is 27.2 Å². The maximum atomic E-state index is 11.1. The molecule has 0 amide bonds. The van der Waals surface area contributed by atoms with E-state index < -0.39 is 27.8 Å². The molecule has 0 aliphatic carbocycles. The van der Waals surface area contributed by atoms with Crippen LogP contribution < -0.4 is 11.1 Å². The van der Waals surface area contributed by atoms with Crippen molar-refractivity contribution in [1.29, 1.82) is 0 Å². The molecular formula is C10H20N2O4S. The van der Waals surface area contributed by atoms with E-state index in [2.05, 4.69) is 5.32 Å². The van der Waals surface area contributed by atoms with Crippen LogP contribution >= 0.6 is 0 Å². The number of nitrogens with two attached hydrogens (primary N) is 1. The third kappa shape index (κ3) is 5.29. The molecule has 0 saturated carbocycles. The summed E-state index contributed by atoms with van der Waals surface area (Å²) < 4.78 is 21.1. The molecule has 100 valence electrons. The molecule has 17 heavy (non-hydrogen) atoms. The van der Waals surface area contributed by atoms with Gasteiger partial charge >= 0.3 is 5.97 Å². The topological polar surface area (TPSA) is 109 Å². The summed E-state index contributed by atoms with van der Waals surface area (Å²) in [7, 11) is -2.43. The zero-order valence-electron chi connectivity index (χ0n) is 10.3. The largest absolute Gasteiger partial charge is 0.479 e. The van der Waals surface area contributed by atoms with Gasteiger partial charge in [-0.05, 0) is 18.9 Å². The van der Waals surface area contributed by atoms with Crippen LogP contribution in [0.2, 0.25) is 0 Å². The summed E-state index contributed by atoms with van der Waals surface area (Å²) in [5, 5.41) is 12.7. The SMILES string of the molecule is CC(C)CCNC(N)(C(=O)O)C(C)C=S(=O)=O. The number of carbonyl (C=O) groups is 1. The van der Waals surface area contributed by atoms with E-state index in [4.69, 9.17) is 10.8 Å². The van der Waals surface area contributed by atoms with Gasteiger partial charge in [0.25, 0.3) is 0 Å². The molecule has 0 aromatic heterocycles. The normalized spacial score (nSPS) is 16.3. The minimum Gasteiger partial charge on any atom is -0.479 e. The van der Waals surface area contributed by atoms with E-state index in [1.807, 2.05) is 13.8 Å². The third-order valence-electron chi connectivity index (χ3n) is 2.53. The van der Waals surface area contributed by atoms with Crippen LogP contribution in [0.4, 0.5) is 0 Å². The molecule has 0 radical (unpaired) electrons. The summed E-state index contributed by atoms with van der Waals surface area (Å²) >= 11 is 0. The van der Waals surface area contributed by atoms with Crippen molar-refractivity contribution in [3.05, 3.63) is 0 Å². The third-order valence-corrected chi connectivity index (χ3v) is 3.16. The van der Waals surface area contributed by atoms with E-state index in [-0.39, 0.29) is 0 Å². The fourth-order valence-electron chi connectivity index (χ4n) is 1.27. The lowest BCUT2D eigenvalue weighted by Gasteiger charge is -2.30. The number of nitrogens with one attached hydrogen (secondary N) is 1. The summed E-state index contributed by atoms with van der Waals surface area (Å²) in [6, 6.07) is 0. The summed E-state index contributed by atoms with van der Waals surface area (Å²) in [5.74, 6) is -1.69. The second kappa shape index (κ2) is 6.73. The van der Waals surface area contributed by atoms with Gasteiger partial charge < -0.3 is 10.8 Å². The zero-order chi connectivity index (χ0) is 13.6. The molecule has 0 rings (SSSR count). The second-order valence-electron chi connectivity index (χ2n) is 4.47. The van der Waals surface area contributed by atoms with Crippen LogP contribution in [-0.2, 0) is 15.1 Å². The van der Waals surface area contributed by atoms with Crippen molar-refractivity contribution in [3.63, 3.8) is 0 Å². The van der Waals surface area contributed by atoms with Gasteiger partial charge in [0.1, 0.15) is 0 Å². The molecule has 0 spiro atoms. The Kier molecular flexibility index (Phi) is 6.36. The highest BCUT2D eigenvalue weighted by atomic mass is 32.2. The summed E-state index contributed by atoms with van der Waals surface area (Å²) in [6.07, 6.45) is 0.763. The van der Waals surface area contributed by atoms with E-state index in [1.54, 1.807) is 0 Å². The number of hydrogen-bond acceptors (Lipinski definition) is 5. The molecule has 4 N–H and O–H groups in total. The molecule has 0 aromatic rings. The van der Waals surface area contributed by atoms with Crippen molar-refractivity contribution in [2.24, 2.45) is 17.6 Å². The van der Waals surface area contributed by atoms with Crippen molar-refractivity contribution in [1.82, 2.24) is 5.32 Å². The molecule has 0 aliphatic rings. The quantitative estimate of drug-likeness (QED) is 0.429. The molecule has 0 heterocycles. The Bertz CT molecular complexity index is 383. The smallest absolute Gasteiger partial charge is 0.339 e. The van der Waals surface area contributed by atoms with Gasteiger partial charge in [-0.15, -0.1) is 0 Å². The predicted molar refractivity (Wildman–Crippen MR) is 66.2 cm³/mol. The van der Waals surface area contributed by atoms with E-state index >= 15 is 0 Å². The first kappa shape index (κ1) is 16.1. The average molecular weight is 264 g/mol. The highest BCUT2D eigenvalue weighted by molar-refractivity contribution is 7.71. The van der Waals surface area contributed by atoms with E-state index in [9.17, 15) is 13.2 Å². The molecule has 6 nitrogen and oxygen atoms in total. The van der Waals surface area contributed by atoms with Gasteiger partial charge in [0.2, 0.25) is 10.3 Å². The Labute approximate surface area is 103 Å². The molecule has 0 bridgehead atoms. The van der Waals surface area contributed by atoms with E-state index in [0.29, 0.717) is 12.5 Å².